The van der Waals surface area contributed by atoms with Crippen LogP contribution in [0.4, 0.5) is 10.1 Å². The number of nitrogens with one attached hydrogen (secondary N) is 1. The van der Waals surface area contributed by atoms with Crippen LogP contribution in [0.3, 0.4) is 0 Å². The SMILES string of the molecule is O=C(O)C1CC=CCC1C(=O)Nc1c(Br)cc(F)cc1Br. The molecule has 2 N–H and O–H groups in total. The number of allylic oxidation sites excluding steroid dienone is 2. The third-order valence-electron chi connectivity index (χ3n) is 3.34. The highest BCUT2D eigenvalue weighted by Gasteiger charge is 2.34. The van der Waals surface area contributed by atoms with Gasteiger partial charge in [-0.15, -0.1) is 0 Å². The van der Waals surface area contributed by atoms with Crippen LogP contribution in [-0.2, 0) is 9.59 Å². The third kappa shape index (κ3) is 3.71. The number of carbonyl (C=O) groups is 2. The first-order valence-corrected chi connectivity index (χ1v) is 7.82. The Kier molecular flexibility index (Phi) is 5.16. The zero-order valence-electron chi connectivity index (χ0n) is 10.8. The van der Waals surface area contributed by atoms with E-state index in [2.05, 4.69) is 37.2 Å². The Balaban J connectivity index is 2.21. The first-order chi connectivity index (χ1) is 9.90. The summed E-state index contributed by atoms with van der Waals surface area (Å²) in [5.41, 5.74) is 0.389. The lowest BCUT2D eigenvalue weighted by Crippen LogP contribution is -2.34. The van der Waals surface area contributed by atoms with Crippen LogP contribution in [-0.4, -0.2) is 17.0 Å². The fourth-order valence-electron chi connectivity index (χ4n) is 2.25. The molecule has 0 saturated heterocycles. The molecule has 4 nitrogen and oxygen atoms in total. The molecule has 1 aromatic rings. The lowest BCUT2D eigenvalue weighted by atomic mass is 9.82. The predicted molar refractivity (Wildman–Crippen MR) is 83.4 cm³/mol. The predicted octanol–water partition coefficient (Wildman–Crippen LogP) is 3.96. The fraction of sp³-hybridized carbons (Fsp3) is 0.286. The first-order valence-electron chi connectivity index (χ1n) is 6.23. The van der Waals surface area contributed by atoms with Crippen LogP contribution < -0.4 is 5.32 Å². The van der Waals surface area contributed by atoms with E-state index >= 15 is 0 Å². The fourth-order valence-corrected chi connectivity index (χ4v) is 3.58. The van der Waals surface area contributed by atoms with Crippen molar-refractivity contribution in [3.8, 4) is 0 Å². The Morgan fingerprint density at radius 1 is 1.14 bits per heavy atom. The second-order valence-electron chi connectivity index (χ2n) is 4.73. The van der Waals surface area contributed by atoms with Gasteiger partial charge in [0.2, 0.25) is 5.91 Å². The molecule has 0 spiro atoms. The molecule has 1 amide bonds. The van der Waals surface area contributed by atoms with E-state index in [0.29, 0.717) is 27.5 Å². The van der Waals surface area contributed by atoms with Gasteiger partial charge in [-0.25, -0.2) is 4.39 Å². The van der Waals surface area contributed by atoms with Crippen LogP contribution in [0.5, 0.6) is 0 Å². The van der Waals surface area contributed by atoms with Gasteiger partial charge in [0, 0.05) is 8.95 Å². The largest absolute Gasteiger partial charge is 0.481 e. The summed E-state index contributed by atoms with van der Waals surface area (Å²) in [7, 11) is 0. The molecule has 112 valence electrons. The van der Waals surface area contributed by atoms with E-state index in [9.17, 15) is 19.1 Å². The molecule has 21 heavy (non-hydrogen) atoms. The summed E-state index contributed by atoms with van der Waals surface area (Å²) in [6, 6.07) is 2.46. The van der Waals surface area contributed by atoms with E-state index in [-0.39, 0.29) is 5.91 Å². The normalized spacial score (nSPS) is 21.1. The number of rotatable bonds is 3. The number of carboxylic acid groups (broad SMARTS) is 1. The minimum atomic E-state index is -0.989. The Morgan fingerprint density at radius 2 is 1.67 bits per heavy atom. The van der Waals surface area contributed by atoms with Gasteiger partial charge < -0.3 is 10.4 Å². The van der Waals surface area contributed by atoms with Crippen LogP contribution in [0.15, 0.2) is 33.2 Å². The molecule has 2 rings (SSSR count). The van der Waals surface area contributed by atoms with Crippen molar-refractivity contribution in [3.63, 3.8) is 0 Å². The summed E-state index contributed by atoms with van der Waals surface area (Å²) in [5.74, 6) is -3.21. The minimum absolute atomic E-state index is 0.333. The van der Waals surface area contributed by atoms with Gasteiger partial charge in [0.05, 0.1) is 17.5 Å². The molecule has 0 heterocycles. The van der Waals surface area contributed by atoms with Crippen LogP contribution in [0.1, 0.15) is 12.8 Å². The van der Waals surface area contributed by atoms with Gasteiger partial charge in [-0.1, -0.05) is 12.2 Å². The maximum atomic E-state index is 13.2. The van der Waals surface area contributed by atoms with E-state index in [0.717, 1.165) is 0 Å². The molecule has 1 aliphatic rings. The van der Waals surface area contributed by atoms with Gasteiger partial charge >= 0.3 is 5.97 Å². The van der Waals surface area contributed by atoms with Crippen molar-refractivity contribution in [1.82, 2.24) is 0 Å². The van der Waals surface area contributed by atoms with Crippen molar-refractivity contribution in [2.75, 3.05) is 5.32 Å². The molecule has 0 saturated carbocycles. The van der Waals surface area contributed by atoms with Crippen molar-refractivity contribution >= 4 is 49.4 Å². The Hall–Kier alpha value is -1.21. The monoisotopic (exact) mass is 419 g/mol. The molecular weight excluding hydrogens is 409 g/mol. The zero-order chi connectivity index (χ0) is 15.6. The number of halogens is 3. The quantitative estimate of drug-likeness (QED) is 0.727. The average molecular weight is 421 g/mol. The van der Waals surface area contributed by atoms with Gasteiger partial charge in [0.25, 0.3) is 0 Å². The van der Waals surface area contributed by atoms with Crippen molar-refractivity contribution < 1.29 is 19.1 Å². The molecule has 2 unspecified atom stereocenters. The molecular formula is C14H12Br2FNO3. The number of amides is 1. The smallest absolute Gasteiger partial charge is 0.307 e. The van der Waals surface area contributed by atoms with Crippen molar-refractivity contribution in [2.45, 2.75) is 12.8 Å². The number of benzene rings is 1. The van der Waals surface area contributed by atoms with Crippen molar-refractivity contribution in [3.05, 3.63) is 39.0 Å². The Morgan fingerprint density at radius 3 is 2.19 bits per heavy atom. The molecule has 0 bridgehead atoms. The molecule has 0 fully saturated rings. The standard InChI is InChI=1S/C14H12Br2FNO3/c15-10-5-7(17)6-11(16)12(10)18-13(19)8-3-1-2-4-9(8)14(20)21/h1-2,5-6,8-9H,3-4H2,(H,18,19)(H,20,21). The van der Waals surface area contributed by atoms with E-state index in [1.165, 1.54) is 12.1 Å². The molecule has 7 heteroatoms. The second-order valence-corrected chi connectivity index (χ2v) is 6.44. The number of carbonyl (C=O) groups excluding carboxylic acids is 1. The first kappa shape index (κ1) is 16.2. The second kappa shape index (κ2) is 6.70. The lowest BCUT2D eigenvalue weighted by Gasteiger charge is -2.24. The Bertz CT molecular complexity index is 595. The zero-order valence-corrected chi connectivity index (χ0v) is 13.9. The van der Waals surface area contributed by atoms with Gasteiger partial charge in [0.15, 0.2) is 0 Å². The Labute approximate surface area is 137 Å². The number of anilines is 1. The highest BCUT2D eigenvalue weighted by Crippen LogP contribution is 2.34. The van der Waals surface area contributed by atoms with Gasteiger partial charge in [-0.05, 0) is 56.8 Å². The summed E-state index contributed by atoms with van der Waals surface area (Å²) in [6.45, 7) is 0. The molecule has 0 aromatic heterocycles. The summed E-state index contributed by atoms with van der Waals surface area (Å²) in [5, 5.41) is 11.9. The highest BCUT2D eigenvalue weighted by atomic mass is 79.9. The lowest BCUT2D eigenvalue weighted by molar-refractivity contribution is -0.146. The number of carboxylic acids is 1. The average Bonchev–Trinajstić information content (AvgIpc) is 2.42. The van der Waals surface area contributed by atoms with Crippen LogP contribution in [0.25, 0.3) is 0 Å². The molecule has 2 atom stereocenters. The van der Waals surface area contributed by atoms with Gasteiger partial charge in [0.1, 0.15) is 5.82 Å². The number of aliphatic carboxylic acids is 1. The highest BCUT2D eigenvalue weighted by molar-refractivity contribution is 9.11. The maximum absolute atomic E-state index is 13.2. The summed E-state index contributed by atoms with van der Waals surface area (Å²) >= 11 is 6.36. The van der Waals surface area contributed by atoms with Crippen LogP contribution in [0, 0.1) is 17.7 Å². The third-order valence-corrected chi connectivity index (χ3v) is 4.59. The van der Waals surface area contributed by atoms with E-state index < -0.39 is 23.6 Å². The minimum Gasteiger partial charge on any atom is -0.481 e. The number of hydrogen-bond donors (Lipinski definition) is 2. The van der Waals surface area contributed by atoms with E-state index in [1.807, 2.05) is 0 Å². The summed E-state index contributed by atoms with van der Waals surface area (Å²) < 4.78 is 14.0. The topological polar surface area (TPSA) is 66.4 Å². The van der Waals surface area contributed by atoms with Gasteiger partial charge in [-0.2, -0.15) is 0 Å². The molecule has 0 radical (unpaired) electrons. The summed E-state index contributed by atoms with van der Waals surface area (Å²) in [6.07, 6.45) is 4.28. The summed E-state index contributed by atoms with van der Waals surface area (Å²) in [4.78, 5) is 23.5. The van der Waals surface area contributed by atoms with E-state index in [4.69, 9.17) is 0 Å². The van der Waals surface area contributed by atoms with Gasteiger partial charge in [-0.3, -0.25) is 9.59 Å². The van der Waals surface area contributed by atoms with Crippen LogP contribution in [0.2, 0.25) is 0 Å². The van der Waals surface area contributed by atoms with Crippen LogP contribution >= 0.6 is 31.9 Å². The molecule has 1 aromatic carbocycles. The maximum Gasteiger partial charge on any atom is 0.307 e. The number of hydrogen-bond acceptors (Lipinski definition) is 2. The van der Waals surface area contributed by atoms with Crippen molar-refractivity contribution in [2.24, 2.45) is 11.8 Å². The van der Waals surface area contributed by atoms with E-state index in [1.54, 1.807) is 12.2 Å². The molecule has 0 aliphatic heterocycles. The molecule has 1 aliphatic carbocycles. The van der Waals surface area contributed by atoms with Crippen molar-refractivity contribution in [1.29, 1.82) is 0 Å².